The van der Waals surface area contributed by atoms with E-state index >= 15 is 0 Å². The van der Waals surface area contributed by atoms with Gasteiger partial charge < -0.3 is 9.47 Å². The van der Waals surface area contributed by atoms with E-state index in [9.17, 15) is 14.4 Å². The van der Waals surface area contributed by atoms with Crippen LogP contribution in [0.15, 0.2) is 48.0 Å². The lowest BCUT2D eigenvalue weighted by atomic mass is 9.93. The Morgan fingerprint density at radius 2 is 1.82 bits per heavy atom. The monoisotopic (exact) mass is 448 g/mol. The third-order valence-corrected chi connectivity index (χ3v) is 6.05. The minimum Gasteiger partial charge on any atom is -0.493 e. The summed E-state index contributed by atoms with van der Waals surface area (Å²) in [5.41, 5.74) is 2.74. The number of benzene rings is 2. The molecule has 1 heterocycles. The molecule has 1 N–H and O–H groups in total. The molecule has 0 atom stereocenters. The lowest BCUT2D eigenvalue weighted by molar-refractivity contribution is -0.132. The molecule has 0 aromatic heterocycles. The first-order valence-electron chi connectivity index (χ1n) is 11.2. The molecule has 7 nitrogen and oxygen atoms in total. The summed E-state index contributed by atoms with van der Waals surface area (Å²) in [7, 11) is 1.54. The Morgan fingerprint density at radius 3 is 2.55 bits per heavy atom. The smallest absolute Gasteiger partial charge is 0.331 e. The van der Waals surface area contributed by atoms with Gasteiger partial charge in [-0.05, 0) is 49.1 Å². The SMILES string of the molecule is COc1cc(C=C2C(=O)NC(=O)N(C3CCCCC3)C2=O)ccc1OCc1cccc(C)c1. The summed E-state index contributed by atoms with van der Waals surface area (Å²) in [4.78, 5) is 39.1. The van der Waals surface area contributed by atoms with Crippen LogP contribution in [0.5, 0.6) is 11.5 Å². The van der Waals surface area contributed by atoms with Gasteiger partial charge in [-0.15, -0.1) is 0 Å². The van der Waals surface area contributed by atoms with Gasteiger partial charge in [-0.1, -0.05) is 55.2 Å². The van der Waals surface area contributed by atoms with Crippen LogP contribution in [0.1, 0.15) is 48.8 Å². The third-order valence-electron chi connectivity index (χ3n) is 6.05. The number of nitrogens with one attached hydrogen (secondary N) is 1. The molecule has 0 radical (unpaired) electrons. The van der Waals surface area contributed by atoms with Crippen LogP contribution in [-0.4, -0.2) is 35.9 Å². The molecular weight excluding hydrogens is 420 g/mol. The Balaban J connectivity index is 1.55. The molecular formula is C26H28N2O5. The Kier molecular flexibility index (Phi) is 6.77. The summed E-state index contributed by atoms with van der Waals surface area (Å²) in [5, 5.41) is 2.31. The number of imide groups is 2. The summed E-state index contributed by atoms with van der Waals surface area (Å²) in [5.74, 6) is -0.189. The zero-order valence-electron chi connectivity index (χ0n) is 18.9. The highest BCUT2D eigenvalue weighted by molar-refractivity contribution is 6.31. The first-order valence-corrected chi connectivity index (χ1v) is 11.2. The number of hydrogen-bond acceptors (Lipinski definition) is 5. The fraction of sp³-hybridized carbons (Fsp3) is 0.346. The van der Waals surface area contributed by atoms with Crippen LogP contribution in [0.2, 0.25) is 0 Å². The lowest BCUT2D eigenvalue weighted by Crippen LogP contribution is -2.58. The molecule has 4 rings (SSSR count). The van der Waals surface area contributed by atoms with Crippen LogP contribution in [0.25, 0.3) is 6.08 Å². The van der Waals surface area contributed by atoms with Gasteiger partial charge in [-0.2, -0.15) is 0 Å². The molecule has 172 valence electrons. The number of carbonyl (C=O) groups excluding carboxylic acids is 3. The van der Waals surface area contributed by atoms with E-state index in [0.29, 0.717) is 23.7 Å². The predicted molar refractivity (Wildman–Crippen MR) is 124 cm³/mol. The zero-order chi connectivity index (χ0) is 23.4. The number of urea groups is 1. The van der Waals surface area contributed by atoms with Crippen molar-refractivity contribution in [2.75, 3.05) is 7.11 Å². The maximum absolute atomic E-state index is 13.1. The molecule has 0 bridgehead atoms. The molecule has 2 aliphatic rings. The van der Waals surface area contributed by atoms with E-state index in [-0.39, 0.29) is 11.6 Å². The number of ether oxygens (including phenoxy) is 2. The number of aryl methyl sites for hydroxylation is 1. The van der Waals surface area contributed by atoms with Gasteiger partial charge in [0, 0.05) is 6.04 Å². The number of barbiturate groups is 1. The number of nitrogens with zero attached hydrogens (tertiary/aromatic N) is 1. The van der Waals surface area contributed by atoms with Crippen molar-refractivity contribution in [3.63, 3.8) is 0 Å². The first-order chi connectivity index (χ1) is 16.0. The van der Waals surface area contributed by atoms with Crippen LogP contribution < -0.4 is 14.8 Å². The number of methoxy groups -OCH3 is 1. The van der Waals surface area contributed by atoms with E-state index in [1.807, 2.05) is 25.1 Å². The Hall–Kier alpha value is -3.61. The fourth-order valence-corrected chi connectivity index (χ4v) is 4.36. The van der Waals surface area contributed by atoms with E-state index in [4.69, 9.17) is 9.47 Å². The largest absolute Gasteiger partial charge is 0.493 e. The summed E-state index contributed by atoms with van der Waals surface area (Å²) in [6.07, 6.45) is 6.06. The molecule has 1 saturated carbocycles. The van der Waals surface area contributed by atoms with Crippen molar-refractivity contribution in [1.82, 2.24) is 10.2 Å². The Bertz CT molecular complexity index is 1100. The van der Waals surface area contributed by atoms with Gasteiger partial charge in [0.05, 0.1) is 7.11 Å². The van der Waals surface area contributed by atoms with E-state index in [2.05, 4.69) is 11.4 Å². The second kappa shape index (κ2) is 9.90. The number of rotatable bonds is 6. The van der Waals surface area contributed by atoms with E-state index in [1.54, 1.807) is 18.2 Å². The van der Waals surface area contributed by atoms with Gasteiger partial charge in [0.25, 0.3) is 11.8 Å². The highest BCUT2D eigenvalue weighted by atomic mass is 16.5. The molecule has 7 heteroatoms. The normalized spacial score (nSPS) is 18.4. The van der Waals surface area contributed by atoms with Crippen molar-refractivity contribution >= 4 is 23.9 Å². The third kappa shape index (κ3) is 5.08. The summed E-state index contributed by atoms with van der Waals surface area (Å²) >= 11 is 0. The average Bonchev–Trinajstić information content (AvgIpc) is 2.81. The first kappa shape index (κ1) is 22.6. The second-order valence-corrected chi connectivity index (χ2v) is 8.47. The highest BCUT2D eigenvalue weighted by Crippen LogP contribution is 2.31. The van der Waals surface area contributed by atoms with Crippen LogP contribution in [0, 0.1) is 6.92 Å². The molecule has 0 spiro atoms. The van der Waals surface area contributed by atoms with Gasteiger partial charge in [0.15, 0.2) is 11.5 Å². The Labute approximate surface area is 193 Å². The Morgan fingerprint density at radius 1 is 1.03 bits per heavy atom. The molecule has 2 fully saturated rings. The second-order valence-electron chi connectivity index (χ2n) is 8.47. The maximum Gasteiger partial charge on any atom is 0.331 e. The molecule has 1 saturated heterocycles. The van der Waals surface area contributed by atoms with E-state index in [0.717, 1.165) is 43.2 Å². The van der Waals surface area contributed by atoms with Gasteiger partial charge in [-0.25, -0.2) is 4.79 Å². The standard InChI is InChI=1S/C26H28N2O5/c1-17-7-6-8-19(13-17)16-33-22-12-11-18(15-23(22)32-2)14-21-24(29)27-26(31)28(25(21)30)20-9-4-3-5-10-20/h6-8,11-15,20H,3-5,9-10,16H2,1-2H3,(H,27,29,31). The average molecular weight is 449 g/mol. The quantitative estimate of drug-likeness (QED) is 0.524. The minimum atomic E-state index is -0.684. The number of hydrogen-bond donors (Lipinski definition) is 1. The summed E-state index contributed by atoms with van der Waals surface area (Å²) in [6, 6.07) is 12.5. The van der Waals surface area contributed by atoms with Gasteiger partial charge in [0.2, 0.25) is 0 Å². The fourth-order valence-electron chi connectivity index (χ4n) is 4.36. The molecule has 2 aromatic carbocycles. The lowest BCUT2D eigenvalue weighted by Gasteiger charge is -2.35. The van der Waals surface area contributed by atoms with Crippen LogP contribution in [0.4, 0.5) is 4.79 Å². The minimum absolute atomic E-state index is 0.0596. The molecule has 33 heavy (non-hydrogen) atoms. The number of amides is 4. The molecule has 1 aliphatic carbocycles. The van der Waals surface area contributed by atoms with Gasteiger partial charge >= 0.3 is 6.03 Å². The van der Waals surface area contributed by atoms with Crippen molar-refractivity contribution in [1.29, 1.82) is 0 Å². The van der Waals surface area contributed by atoms with Gasteiger partial charge in [0.1, 0.15) is 12.2 Å². The van der Waals surface area contributed by atoms with Crippen molar-refractivity contribution in [3.8, 4) is 11.5 Å². The van der Waals surface area contributed by atoms with E-state index in [1.165, 1.54) is 18.1 Å². The summed E-state index contributed by atoms with van der Waals surface area (Å²) < 4.78 is 11.4. The van der Waals surface area contributed by atoms with Crippen LogP contribution in [-0.2, 0) is 16.2 Å². The van der Waals surface area contributed by atoms with E-state index < -0.39 is 17.8 Å². The van der Waals surface area contributed by atoms with Crippen molar-refractivity contribution < 1.29 is 23.9 Å². The molecule has 2 aromatic rings. The zero-order valence-corrected chi connectivity index (χ0v) is 18.9. The summed E-state index contributed by atoms with van der Waals surface area (Å²) in [6.45, 7) is 2.41. The maximum atomic E-state index is 13.1. The molecule has 0 unspecified atom stereocenters. The molecule has 4 amide bonds. The molecule has 1 aliphatic heterocycles. The topological polar surface area (TPSA) is 84.9 Å². The van der Waals surface area contributed by atoms with Crippen molar-refractivity contribution in [2.45, 2.75) is 51.7 Å². The predicted octanol–water partition coefficient (Wildman–Crippen LogP) is 4.38. The number of carbonyl (C=O) groups is 3. The van der Waals surface area contributed by atoms with Crippen LogP contribution in [0.3, 0.4) is 0 Å². The van der Waals surface area contributed by atoms with Crippen molar-refractivity contribution in [2.24, 2.45) is 0 Å². The van der Waals surface area contributed by atoms with Crippen LogP contribution >= 0.6 is 0 Å². The highest BCUT2D eigenvalue weighted by Gasteiger charge is 2.40. The van der Waals surface area contributed by atoms with Crippen molar-refractivity contribution in [3.05, 3.63) is 64.7 Å². The van der Waals surface area contributed by atoms with Gasteiger partial charge in [-0.3, -0.25) is 19.8 Å².